The summed E-state index contributed by atoms with van der Waals surface area (Å²) in [6.07, 6.45) is 6.36. The number of aromatic nitrogens is 2. The Morgan fingerprint density at radius 2 is 2.05 bits per heavy atom. The maximum atomic E-state index is 9.90. The molecular weight excluding hydrogens is 262 g/mol. The van der Waals surface area contributed by atoms with Crippen molar-refractivity contribution in [1.29, 1.82) is 0 Å². The topological polar surface area (TPSA) is 50.1 Å². The zero-order valence-corrected chi connectivity index (χ0v) is 12.5. The molecule has 1 aromatic heterocycles. The second kappa shape index (κ2) is 6.00. The van der Waals surface area contributed by atoms with Gasteiger partial charge in [0.2, 0.25) is 0 Å². The maximum Gasteiger partial charge on any atom is 0.0641 e. The van der Waals surface area contributed by atoms with Gasteiger partial charge in [-0.25, -0.2) is 0 Å². The molecule has 21 heavy (non-hydrogen) atoms. The zero-order valence-electron chi connectivity index (χ0n) is 12.5. The average molecular weight is 285 g/mol. The van der Waals surface area contributed by atoms with Crippen LogP contribution in [0.4, 0.5) is 0 Å². The van der Waals surface area contributed by atoms with E-state index in [4.69, 9.17) is 0 Å². The molecule has 1 saturated carbocycles. The molecule has 1 fully saturated rings. The van der Waals surface area contributed by atoms with Crippen LogP contribution in [0.5, 0.6) is 0 Å². The van der Waals surface area contributed by atoms with Crippen molar-refractivity contribution in [1.82, 2.24) is 15.1 Å². The highest BCUT2D eigenvalue weighted by Gasteiger charge is 2.44. The fourth-order valence-electron chi connectivity index (χ4n) is 3.07. The van der Waals surface area contributed by atoms with Gasteiger partial charge in [-0.2, -0.15) is 5.10 Å². The lowest BCUT2D eigenvalue weighted by atomic mass is 9.94. The van der Waals surface area contributed by atoms with E-state index >= 15 is 0 Å². The molecule has 0 saturated heterocycles. The molecular formula is C17H23N3O. The van der Waals surface area contributed by atoms with Crippen LogP contribution < -0.4 is 5.32 Å². The Kier molecular flexibility index (Phi) is 4.08. The van der Waals surface area contributed by atoms with Crippen molar-refractivity contribution in [2.45, 2.75) is 31.8 Å². The smallest absolute Gasteiger partial charge is 0.0641 e. The third-order valence-electron chi connectivity index (χ3n) is 4.35. The molecule has 0 spiro atoms. The Bertz CT molecular complexity index is 577. The molecule has 1 unspecified atom stereocenters. The van der Waals surface area contributed by atoms with Crippen molar-refractivity contribution in [2.24, 2.45) is 5.92 Å². The zero-order chi connectivity index (χ0) is 14.7. The normalized spacial score (nSPS) is 17.6. The highest BCUT2D eigenvalue weighted by atomic mass is 16.3. The van der Waals surface area contributed by atoms with Gasteiger partial charge >= 0.3 is 0 Å². The lowest BCUT2D eigenvalue weighted by Gasteiger charge is -2.33. The summed E-state index contributed by atoms with van der Waals surface area (Å²) in [4.78, 5) is 0. The van der Waals surface area contributed by atoms with Crippen LogP contribution in [-0.4, -0.2) is 33.6 Å². The van der Waals surface area contributed by atoms with Gasteiger partial charge in [0.1, 0.15) is 0 Å². The van der Waals surface area contributed by atoms with Crippen molar-refractivity contribution < 1.29 is 5.11 Å². The summed E-state index contributed by atoms with van der Waals surface area (Å²) in [5, 5.41) is 17.9. The molecule has 1 aromatic carbocycles. The van der Waals surface area contributed by atoms with Crippen molar-refractivity contribution in [3.8, 4) is 11.1 Å². The first-order chi connectivity index (χ1) is 10.3. The van der Waals surface area contributed by atoms with E-state index in [1.165, 1.54) is 18.4 Å². The molecule has 2 N–H and O–H groups in total. The monoisotopic (exact) mass is 285 g/mol. The first-order valence-corrected chi connectivity index (χ1v) is 7.71. The summed E-state index contributed by atoms with van der Waals surface area (Å²) in [7, 11) is 0. The summed E-state index contributed by atoms with van der Waals surface area (Å²) in [5.41, 5.74) is 2.07. The molecule has 0 amide bonds. The number of aliphatic hydroxyl groups is 1. The van der Waals surface area contributed by atoms with E-state index in [0.717, 1.165) is 18.7 Å². The molecule has 112 valence electrons. The molecule has 1 heterocycles. The molecule has 1 atom stereocenters. The van der Waals surface area contributed by atoms with Crippen LogP contribution in [0.15, 0.2) is 42.7 Å². The molecule has 1 aliphatic carbocycles. The number of benzene rings is 1. The van der Waals surface area contributed by atoms with Crippen molar-refractivity contribution in [3.63, 3.8) is 0 Å². The van der Waals surface area contributed by atoms with E-state index in [1.54, 1.807) is 0 Å². The number of nitrogens with zero attached hydrogens (tertiary/aromatic N) is 2. The largest absolute Gasteiger partial charge is 0.394 e. The predicted octanol–water partition coefficient (Wildman–Crippen LogP) is 2.30. The second-order valence-corrected chi connectivity index (χ2v) is 5.91. The number of likely N-dealkylation sites (N-methyl/N-ethyl adjacent to an activating group) is 1. The minimum Gasteiger partial charge on any atom is -0.394 e. The van der Waals surface area contributed by atoms with E-state index in [1.807, 2.05) is 29.1 Å². The Balaban J connectivity index is 1.79. The third-order valence-corrected chi connectivity index (χ3v) is 4.35. The number of hydrogen-bond acceptors (Lipinski definition) is 3. The maximum absolute atomic E-state index is 9.90. The molecule has 0 radical (unpaired) electrons. The highest BCUT2D eigenvalue weighted by molar-refractivity contribution is 5.61. The van der Waals surface area contributed by atoms with Crippen LogP contribution >= 0.6 is 0 Å². The summed E-state index contributed by atoms with van der Waals surface area (Å²) >= 11 is 0. The number of hydrogen-bond donors (Lipinski definition) is 2. The Morgan fingerprint density at radius 3 is 2.67 bits per heavy atom. The average Bonchev–Trinajstić information content (AvgIpc) is 3.28. The van der Waals surface area contributed by atoms with Gasteiger partial charge in [-0.15, -0.1) is 0 Å². The summed E-state index contributed by atoms with van der Waals surface area (Å²) < 4.78 is 1.96. The van der Waals surface area contributed by atoms with E-state index in [2.05, 4.69) is 35.7 Å². The summed E-state index contributed by atoms with van der Waals surface area (Å²) in [5.74, 6) is 0.562. The van der Waals surface area contributed by atoms with Crippen LogP contribution in [0.25, 0.3) is 11.1 Å². The standard InChI is InChI=1S/C17H23N3O/c1-2-18-17(13-21,16-8-9-16)12-20-11-15(10-19-20)14-6-4-3-5-7-14/h3-7,10-11,16,18,21H,2,8-9,12-13H2,1H3. The third kappa shape index (κ3) is 3.01. The Morgan fingerprint density at radius 1 is 1.29 bits per heavy atom. The molecule has 0 aliphatic heterocycles. The minimum atomic E-state index is -0.227. The first kappa shape index (κ1) is 14.3. The second-order valence-electron chi connectivity index (χ2n) is 5.91. The van der Waals surface area contributed by atoms with Gasteiger partial charge in [0.15, 0.2) is 0 Å². The molecule has 1 aliphatic rings. The van der Waals surface area contributed by atoms with Crippen LogP contribution in [0.3, 0.4) is 0 Å². The van der Waals surface area contributed by atoms with Crippen molar-refractivity contribution >= 4 is 0 Å². The first-order valence-electron chi connectivity index (χ1n) is 7.71. The van der Waals surface area contributed by atoms with Gasteiger partial charge in [-0.05, 0) is 30.9 Å². The van der Waals surface area contributed by atoms with E-state index in [-0.39, 0.29) is 12.1 Å². The molecule has 4 nitrogen and oxygen atoms in total. The fraction of sp³-hybridized carbons (Fsp3) is 0.471. The van der Waals surface area contributed by atoms with Crippen LogP contribution in [0.2, 0.25) is 0 Å². The van der Waals surface area contributed by atoms with Gasteiger partial charge in [0.05, 0.1) is 24.9 Å². The number of aliphatic hydroxyl groups excluding tert-OH is 1. The lowest BCUT2D eigenvalue weighted by molar-refractivity contribution is 0.120. The molecule has 3 rings (SSSR count). The van der Waals surface area contributed by atoms with Crippen LogP contribution in [0, 0.1) is 5.92 Å². The molecule has 0 bridgehead atoms. The molecule has 2 aromatic rings. The van der Waals surface area contributed by atoms with Gasteiger partial charge in [0, 0.05) is 11.8 Å². The van der Waals surface area contributed by atoms with E-state index in [0.29, 0.717) is 5.92 Å². The molecule has 4 heteroatoms. The van der Waals surface area contributed by atoms with Gasteiger partial charge in [0.25, 0.3) is 0 Å². The minimum absolute atomic E-state index is 0.159. The van der Waals surface area contributed by atoms with E-state index < -0.39 is 0 Å². The number of nitrogens with one attached hydrogen (secondary N) is 1. The summed E-state index contributed by atoms with van der Waals surface area (Å²) in [6.45, 7) is 3.83. The summed E-state index contributed by atoms with van der Waals surface area (Å²) in [6, 6.07) is 10.3. The lowest BCUT2D eigenvalue weighted by Crippen LogP contribution is -2.53. The van der Waals surface area contributed by atoms with Gasteiger partial charge in [-0.3, -0.25) is 4.68 Å². The highest BCUT2D eigenvalue weighted by Crippen LogP contribution is 2.40. The fourth-order valence-corrected chi connectivity index (χ4v) is 3.07. The van der Waals surface area contributed by atoms with Gasteiger partial charge < -0.3 is 10.4 Å². The predicted molar refractivity (Wildman–Crippen MR) is 83.9 cm³/mol. The van der Waals surface area contributed by atoms with E-state index in [9.17, 15) is 5.11 Å². The number of rotatable bonds is 7. The van der Waals surface area contributed by atoms with Gasteiger partial charge in [-0.1, -0.05) is 37.3 Å². The Labute approximate surface area is 125 Å². The SMILES string of the molecule is CCNC(CO)(Cn1cc(-c2ccccc2)cn1)C1CC1. The Hall–Kier alpha value is -1.65. The van der Waals surface area contributed by atoms with Crippen molar-refractivity contribution in [2.75, 3.05) is 13.2 Å². The van der Waals surface area contributed by atoms with Crippen LogP contribution in [-0.2, 0) is 6.54 Å². The quantitative estimate of drug-likeness (QED) is 0.820. The van der Waals surface area contributed by atoms with Crippen LogP contribution in [0.1, 0.15) is 19.8 Å². The van der Waals surface area contributed by atoms with Crippen molar-refractivity contribution in [3.05, 3.63) is 42.7 Å².